The second-order valence-corrected chi connectivity index (χ2v) is 2.74. The van der Waals surface area contributed by atoms with Crippen molar-refractivity contribution >= 4 is 5.97 Å². The van der Waals surface area contributed by atoms with Crippen LogP contribution in [-0.4, -0.2) is 33.8 Å². The average Bonchev–Trinajstić information content (AvgIpc) is 2.50. The van der Waals surface area contributed by atoms with Crippen molar-refractivity contribution in [3.8, 4) is 0 Å². The van der Waals surface area contributed by atoms with E-state index in [0.717, 1.165) is 5.69 Å². The van der Waals surface area contributed by atoms with Crippen LogP contribution >= 0.6 is 0 Å². The quantitative estimate of drug-likeness (QED) is 0.643. The molecule has 0 saturated carbocycles. The number of aliphatic hydroxyl groups excluding tert-OH is 1. The maximum Gasteiger partial charge on any atom is 0.335 e. The summed E-state index contributed by atoms with van der Waals surface area (Å²) < 4.78 is 6.12. The molecule has 1 unspecified atom stereocenters. The standard InChI is InChI=1S/C8H12N2O3/c1-10-5-9-4-6(10)3-7(11)8(12)13-2/h4-5,7,11H,3H2,1-2H3. The van der Waals surface area contributed by atoms with Gasteiger partial charge in [-0.05, 0) is 0 Å². The SMILES string of the molecule is COC(=O)C(O)Cc1cncn1C. The molecule has 1 aromatic rings. The van der Waals surface area contributed by atoms with Gasteiger partial charge in [-0.15, -0.1) is 0 Å². The molecule has 0 aliphatic rings. The molecule has 0 saturated heterocycles. The molecule has 0 aromatic carbocycles. The number of rotatable bonds is 3. The molecule has 0 spiro atoms. The van der Waals surface area contributed by atoms with E-state index in [-0.39, 0.29) is 6.42 Å². The normalized spacial score (nSPS) is 12.5. The van der Waals surface area contributed by atoms with E-state index < -0.39 is 12.1 Å². The topological polar surface area (TPSA) is 64.3 Å². The van der Waals surface area contributed by atoms with Crippen molar-refractivity contribution in [2.75, 3.05) is 7.11 Å². The number of aliphatic hydroxyl groups is 1. The van der Waals surface area contributed by atoms with Crippen LogP contribution in [0.4, 0.5) is 0 Å². The van der Waals surface area contributed by atoms with E-state index in [4.69, 9.17) is 0 Å². The predicted molar refractivity (Wildman–Crippen MR) is 44.9 cm³/mol. The highest BCUT2D eigenvalue weighted by Gasteiger charge is 2.16. The zero-order valence-corrected chi connectivity index (χ0v) is 7.60. The van der Waals surface area contributed by atoms with Crippen LogP contribution < -0.4 is 0 Å². The number of carbonyl (C=O) groups is 1. The maximum atomic E-state index is 10.8. The summed E-state index contributed by atoms with van der Waals surface area (Å²) in [6.45, 7) is 0. The van der Waals surface area contributed by atoms with E-state index >= 15 is 0 Å². The molecule has 0 fully saturated rings. The number of imidazole rings is 1. The Morgan fingerprint density at radius 2 is 2.54 bits per heavy atom. The van der Waals surface area contributed by atoms with Crippen molar-refractivity contribution in [2.45, 2.75) is 12.5 Å². The molecule has 13 heavy (non-hydrogen) atoms. The third-order valence-electron chi connectivity index (χ3n) is 1.79. The molecule has 0 aliphatic heterocycles. The van der Waals surface area contributed by atoms with Crippen molar-refractivity contribution in [2.24, 2.45) is 7.05 Å². The lowest BCUT2D eigenvalue weighted by Crippen LogP contribution is -2.24. The molecule has 5 nitrogen and oxygen atoms in total. The minimum atomic E-state index is -1.11. The highest BCUT2D eigenvalue weighted by molar-refractivity contribution is 5.74. The smallest absolute Gasteiger partial charge is 0.335 e. The summed E-state index contributed by atoms with van der Waals surface area (Å²) in [7, 11) is 3.04. The molecular weight excluding hydrogens is 172 g/mol. The fraction of sp³-hybridized carbons (Fsp3) is 0.500. The highest BCUT2D eigenvalue weighted by Crippen LogP contribution is 2.02. The van der Waals surface area contributed by atoms with Gasteiger partial charge in [0, 0.05) is 25.4 Å². The van der Waals surface area contributed by atoms with Crippen molar-refractivity contribution in [1.29, 1.82) is 0 Å². The Kier molecular flexibility index (Phi) is 3.02. The van der Waals surface area contributed by atoms with E-state index in [0.29, 0.717) is 0 Å². The third kappa shape index (κ3) is 2.29. The maximum absolute atomic E-state index is 10.8. The molecule has 1 N–H and O–H groups in total. The Morgan fingerprint density at radius 1 is 1.85 bits per heavy atom. The van der Waals surface area contributed by atoms with Crippen LogP contribution in [0.25, 0.3) is 0 Å². The van der Waals surface area contributed by atoms with Crippen LogP contribution in [0, 0.1) is 0 Å². The highest BCUT2D eigenvalue weighted by atomic mass is 16.5. The minimum Gasteiger partial charge on any atom is -0.467 e. The number of methoxy groups -OCH3 is 1. The summed E-state index contributed by atoms with van der Waals surface area (Å²) >= 11 is 0. The molecule has 0 radical (unpaired) electrons. The van der Waals surface area contributed by atoms with E-state index in [2.05, 4.69) is 9.72 Å². The molecule has 72 valence electrons. The van der Waals surface area contributed by atoms with Gasteiger partial charge in [0.05, 0.1) is 13.4 Å². The number of aryl methyl sites for hydroxylation is 1. The Balaban J connectivity index is 2.59. The van der Waals surface area contributed by atoms with Crippen LogP contribution in [0.2, 0.25) is 0 Å². The Bertz CT molecular complexity index is 295. The predicted octanol–water partition coefficient (Wildman–Crippen LogP) is -0.504. The molecule has 5 heteroatoms. The minimum absolute atomic E-state index is 0.225. The molecule has 1 aromatic heterocycles. The summed E-state index contributed by atoms with van der Waals surface area (Å²) in [6.07, 6.45) is 2.33. The first-order valence-electron chi connectivity index (χ1n) is 3.86. The van der Waals surface area contributed by atoms with Gasteiger partial charge in [-0.2, -0.15) is 0 Å². The summed E-state index contributed by atoms with van der Waals surface area (Å²) in [6, 6.07) is 0. The Labute approximate surface area is 76.0 Å². The van der Waals surface area contributed by atoms with E-state index in [1.807, 2.05) is 0 Å². The lowest BCUT2D eigenvalue weighted by Gasteiger charge is -2.07. The van der Waals surface area contributed by atoms with Crippen LogP contribution in [0.5, 0.6) is 0 Å². The fourth-order valence-corrected chi connectivity index (χ4v) is 0.999. The Morgan fingerprint density at radius 3 is 3.00 bits per heavy atom. The lowest BCUT2D eigenvalue weighted by molar-refractivity contribution is -0.150. The average molecular weight is 184 g/mol. The van der Waals surface area contributed by atoms with Crippen LogP contribution in [0.15, 0.2) is 12.5 Å². The van der Waals surface area contributed by atoms with Gasteiger partial charge in [-0.3, -0.25) is 0 Å². The zero-order valence-electron chi connectivity index (χ0n) is 7.60. The van der Waals surface area contributed by atoms with Crippen LogP contribution in [0.1, 0.15) is 5.69 Å². The van der Waals surface area contributed by atoms with Gasteiger partial charge < -0.3 is 14.4 Å². The Hall–Kier alpha value is -1.36. The van der Waals surface area contributed by atoms with Gasteiger partial charge in [0.25, 0.3) is 0 Å². The monoisotopic (exact) mass is 184 g/mol. The molecular formula is C8H12N2O3. The number of hydrogen-bond acceptors (Lipinski definition) is 4. The van der Waals surface area contributed by atoms with Crippen molar-refractivity contribution < 1.29 is 14.6 Å². The van der Waals surface area contributed by atoms with Crippen LogP contribution in [-0.2, 0) is 23.0 Å². The van der Waals surface area contributed by atoms with E-state index in [1.54, 1.807) is 24.1 Å². The van der Waals surface area contributed by atoms with Gasteiger partial charge >= 0.3 is 5.97 Å². The van der Waals surface area contributed by atoms with Crippen LogP contribution in [0.3, 0.4) is 0 Å². The third-order valence-corrected chi connectivity index (χ3v) is 1.79. The first-order valence-corrected chi connectivity index (χ1v) is 3.86. The summed E-state index contributed by atoms with van der Waals surface area (Å²) in [5, 5.41) is 9.30. The number of hydrogen-bond donors (Lipinski definition) is 1. The molecule has 1 rings (SSSR count). The zero-order chi connectivity index (χ0) is 9.84. The van der Waals surface area contributed by atoms with Gasteiger partial charge in [0.2, 0.25) is 0 Å². The second-order valence-electron chi connectivity index (χ2n) is 2.74. The molecule has 0 bridgehead atoms. The number of carbonyl (C=O) groups excluding carboxylic acids is 1. The summed E-state index contributed by atoms with van der Waals surface area (Å²) in [5.74, 6) is -0.624. The number of esters is 1. The van der Waals surface area contributed by atoms with Crippen molar-refractivity contribution in [1.82, 2.24) is 9.55 Å². The molecule has 1 atom stereocenters. The summed E-state index contributed by atoms with van der Waals surface area (Å²) in [5.41, 5.74) is 0.790. The number of ether oxygens (including phenoxy) is 1. The van der Waals surface area contributed by atoms with E-state index in [1.165, 1.54) is 7.11 Å². The van der Waals surface area contributed by atoms with Gasteiger partial charge in [0.15, 0.2) is 6.10 Å². The molecule has 1 heterocycles. The molecule has 0 aliphatic carbocycles. The summed E-state index contributed by atoms with van der Waals surface area (Å²) in [4.78, 5) is 14.7. The number of nitrogens with zero attached hydrogens (tertiary/aromatic N) is 2. The fourth-order valence-electron chi connectivity index (χ4n) is 0.999. The second kappa shape index (κ2) is 4.04. The lowest BCUT2D eigenvalue weighted by atomic mass is 10.2. The van der Waals surface area contributed by atoms with Gasteiger partial charge in [0.1, 0.15) is 0 Å². The first kappa shape index (κ1) is 9.73. The largest absolute Gasteiger partial charge is 0.467 e. The van der Waals surface area contributed by atoms with Crippen molar-refractivity contribution in [3.05, 3.63) is 18.2 Å². The van der Waals surface area contributed by atoms with Gasteiger partial charge in [-0.1, -0.05) is 0 Å². The number of aromatic nitrogens is 2. The van der Waals surface area contributed by atoms with Crippen molar-refractivity contribution in [3.63, 3.8) is 0 Å². The molecule has 0 amide bonds. The van der Waals surface area contributed by atoms with Gasteiger partial charge in [-0.25, -0.2) is 9.78 Å². The first-order chi connectivity index (χ1) is 6.15. The van der Waals surface area contributed by atoms with E-state index in [9.17, 15) is 9.90 Å².